The standard InChI is InChI=1S/C18H14N4.3C2H6/c1-2-7-15(8-3-1)20-18-19-12-10-17(21-18)22-13-11-14-6-4-5-9-16(14)22;3*1-2/h1-13H,(H,19,20,21);3*1-2H3. The van der Waals surface area contributed by atoms with Gasteiger partial charge in [0.25, 0.3) is 0 Å². The second kappa shape index (κ2) is 13.1. The highest BCUT2D eigenvalue weighted by Gasteiger charge is 2.05. The number of rotatable bonds is 3. The van der Waals surface area contributed by atoms with Crippen molar-refractivity contribution in [3.8, 4) is 5.82 Å². The molecule has 2 heterocycles. The molecule has 0 bridgehead atoms. The summed E-state index contributed by atoms with van der Waals surface area (Å²) in [5, 5.41) is 4.41. The van der Waals surface area contributed by atoms with Crippen molar-refractivity contribution in [1.29, 1.82) is 0 Å². The van der Waals surface area contributed by atoms with E-state index in [0.717, 1.165) is 17.0 Å². The molecule has 4 aromatic rings. The van der Waals surface area contributed by atoms with Gasteiger partial charge in [-0.2, -0.15) is 4.98 Å². The highest BCUT2D eigenvalue weighted by molar-refractivity contribution is 5.81. The molecule has 0 unspecified atom stereocenters. The lowest BCUT2D eigenvalue weighted by Crippen LogP contribution is -2.01. The van der Waals surface area contributed by atoms with E-state index in [1.165, 1.54) is 5.39 Å². The summed E-state index contributed by atoms with van der Waals surface area (Å²) in [6.07, 6.45) is 3.79. The zero-order valence-electron chi connectivity index (χ0n) is 17.8. The van der Waals surface area contributed by atoms with Crippen LogP contribution in [0, 0.1) is 0 Å². The Hall–Kier alpha value is -3.14. The molecule has 4 rings (SSSR count). The van der Waals surface area contributed by atoms with Gasteiger partial charge in [0.1, 0.15) is 5.82 Å². The molecule has 2 aromatic heterocycles. The van der Waals surface area contributed by atoms with E-state index in [0.29, 0.717) is 5.95 Å². The number of hydrogen-bond acceptors (Lipinski definition) is 3. The van der Waals surface area contributed by atoms with E-state index < -0.39 is 0 Å². The molecule has 0 saturated heterocycles. The summed E-state index contributed by atoms with van der Waals surface area (Å²) in [4.78, 5) is 8.89. The van der Waals surface area contributed by atoms with Gasteiger partial charge >= 0.3 is 0 Å². The van der Waals surface area contributed by atoms with Crippen LogP contribution in [0.5, 0.6) is 0 Å². The van der Waals surface area contributed by atoms with Crippen LogP contribution in [-0.4, -0.2) is 14.5 Å². The van der Waals surface area contributed by atoms with E-state index in [1.54, 1.807) is 6.20 Å². The van der Waals surface area contributed by atoms with E-state index in [9.17, 15) is 0 Å². The Balaban J connectivity index is 0.000000599. The molecule has 28 heavy (non-hydrogen) atoms. The van der Waals surface area contributed by atoms with Crippen LogP contribution < -0.4 is 5.32 Å². The molecular formula is C24H32N4. The smallest absolute Gasteiger partial charge is 0.229 e. The zero-order chi connectivity index (χ0) is 20.8. The summed E-state index contributed by atoms with van der Waals surface area (Å²) < 4.78 is 2.06. The van der Waals surface area contributed by atoms with Crippen molar-refractivity contribution in [2.45, 2.75) is 41.5 Å². The van der Waals surface area contributed by atoms with Crippen molar-refractivity contribution in [2.75, 3.05) is 5.32 Å². The van der Waals surface area contributed by atoms with Crippen LogP contribution in [-0.2, 0) is 0 Å². The number of para-hydroxylation sites is 2. The van der Waals surface area contributed by atoms with Gasteiger partial charge in [-0.3, -0.25) is 0 Å². The molecule has 148 valence electrons. The Kier molecular flexibility index (Phi) is 10.7. The highest BCUT2D eigenvalue weighted by atomic mass is 15.2. The highest BCUT2D eigenvalue weighted by Crippen LogP contribution is 2.20. The molecule has 0 amide bonds. The molecule has 0 saturated carbocycles. The van der Waals surface area contributed by atoms with E-state index in [2.05, 4.69) is 38.1 Å². The second-order valence-corrected chi connectivity index (χ2v) is 4.97. The van der Waals surface area contributed by atoms with Crippen LogP contribution in [0.15, 0.2) is 79.1 Å². The molecule has 0 radical (unpaired) electrons. The lowest BCUT2D eigenvalue weighted by Gasteiger charge is -2.08. The molecule has 0 spiro atoms. The van der Waals surface area contributed by atoms with Crippen LogP contribution in [0.2, 0.25) is 0 Å². The molecule has 0 aliphatic rings. The third-order valence-electron chi connectivity index (χ3n) is 3.52. The number of fused-ring (bicyclic) bond motifs is 1. The maximum Gasteiger partial charge on any atom is 0.229 e. The van der Waals surface area contributed by atoms with Crippen LogP contribution in [0.1, 0.15) is 41.5 Å². The minimum atomic E-state index is 0.585. The quantitative estimate of drug-likeness (QED) is 0.410. The van der Waals surface area contributed by atoms with E-state index in [-0.39, 0.29) is 0 Å². The average Bonchev–Trinajstić information content (AvgIpc) is 3.23. The molecule has 1 N–H and O–H groups in total. The Bertz CT molecular complexity index is 914. The maximum atomic E-state index is 4.60. The van der Waals surface area contributed by atoms with Gasteiger partial charge in [0.05, 0.1) is 5.52 Å². The fourth-order valence-electron chi connectivity index (χ4n) is 2.48. The summed E-state index contributed by atoms with van der Waals surface area (Å²) in [5.41, 5.74) is 2.10. The van der Waals surface area contributed by atoms with Crippen molar-refractivity contribution >= 4 is 22.5 Å². The van der Waals surface area contributed by atoms with Gasteiger partial charge in [0.2, 0.25) is 5.95 Å². The molecular weight excluding hydrogens is 344 g/mol. The van der Waals surface area contributed by atoms with Crippen LogP contribution >= 0.6 is 0 Å². The Morgan fingerprint density at radius 2 is 1.36 bits per heavy atom. The van der Waals surface area contributed by atoms with Crippen molar-refractivity contribution < 1.29 is 0 Å². The van der Waals surface area contributed by atoms with Gasteiger partial charge in [-0.05, 0) is 35.7 Å². The van der Waals surface area contributed by atoms with Crippen LogP contribution in [0.3, 0.4) is 0 Å². The minimum absolute atomic E-state index is 0.585. The predicted octanol–water partition coefficient (Wildman–Crippen LogP) is 7.24. The van der Waals surface area contributed by atoms with Gasteiger partial charge in [-0.1, -0.05) is 77.9 Å². The molecule has 0 fully saturated rings. The van der Waals surface area contributed by atoms with Gasteiger partial charge < -0.3 is 9.88 Å². The number of aromatic nitrogens is 3. The van der Waals surface area contributed by atoms with Crippen LogP contribution in [0.25, 0.3) is 16.7 Å². The Morgan fingerprint density at radius 1 is 0.714 bits per heavy atom. The third kappa shape index (κ3) is 5.95. The fourth-order valence-corrected chi connectivity index (χ4v) is 2.48. The number of nitrogens with zero attached hydrogens (tertiary/aromatic N) is 3. The summed E-state index contributed by atoms with van der Waals surface area (Å²) >= 11 is 0. The first-order valence-electron chi connectivity index (χ1n) is 10.1. The molecule has 4 heteroatoms. The van der Waals surface area contributed by atoms with E-state index in [4.69, 9.17) is 0 Å². The summed E-state index contributed by atoms with van der Waals surface area (Å²) in [5.74, 6) is 1.43. The van der Waals surface area contributed by atoms with Gasteiger partial charge in [-0.25, -0.2) is 4.98 Å². The number of benzene rings is 2. The molecule has 0 aliphatic heterocycles. The first-order valence-corrected chi connectivity index (χ1v) is 10.1. The molecule has 0 aliphatic carbocycles. The summed E-state index contributed by atoms with van der Waals surface area (Å²) in [6.45, 7) is 12.0. The minimum Gasteiger partial charge on any atom is -0.324 e. The largest absolute Gasteiger partial charge is 0.324 e. The molecule has 0 atom stereocenters. The van der Waals surface area contributed by atoms with Gasteiger partial charge in [-0.15, -0.1) is 0 Å². The first-order chi connectivity index (χ1) is 13.9. The lowest BCUT2D eigenvalue weighted by molar-refractivity contribution is 1.02. The number of nitrogens with one attached hydrogen (secondary N) is 1. The lowest BCUT2D eigenvalue weighted by atomic mass is 10.2. The molecule has 2 aromatic carbocycles. The summed E-state index contributed by atoms with van der Waals surface area (Å²) in [6, 6.07) is 22.1. The predicted molar refractivity (Wildman–Crippen MR) is 123 cm³/mol. The van der Waals surface area contributed by atoms with Gasteiger partial charge in [0.15, 0.2) is 0 Å². The zero-order valence-corrected chi connectivity index (χ0v) is 17.8. The fraction of sp³-hybridized carbons (Fsp3) is 0.250. The van der Waals surface area contributed by atoms with Crippen LogP contribution in [0.4, 0.5) is 11.6 Å². The van der Waals surface area contributed by atoms with Crippen molar-refractivity contribution in [1.82, 2.24) is 14.5 Å². The van der Waals surface area contributed by atoms with E-state index in [1.807, 2.05) is 96.3 Å². The Labute approximate surface area is 169 Å². The van der Waals surface area contributed by atoms with Crippen molar-refractivity contribution in [3.63, 3.8) is 0 Å². The maximum absolute atomic E-state index is 4.60. The van der Waals surface area contributed by atoms with E-state index >= 15 is 0 Å². The number of hydrogen-bond donors (Lipinski definition) is 1. The molecule has 4 nitrogen and oxygen atoms in total. The van der Waals surface area contributed by atoms with Gasteiger partial charge in [0, 0.05) is 18.1 Å². The first kappa shape index (κ1) is 22.9. The normalized spacial score (nSPS) is 9.07. The Morgan fingerprint density at radius 3 is 2.07 bits per heavy atom. The average molecular weight is 377 g/mol. The van der Waals surface area contributed by atoms with Crippen molar-refractivity contribution in [3.05, 3.63) is 79.1 Å². The third-order valence-corrected chi connectivity index (χ3v) is 3.52. The monoisotopic (exact) mass is 376 g/mol. The summed E-state index contributed by atoms with van der Waals surface area (Å²) in [7, 11) is 0. The van der Waals surface area contributed by atoms with Crippen molar-refractivity contribution in [2.24, 2.45) is 0 Å². The topological polar surface area (TPSA) is 42.7 Å². The second-order valence-electron chi connectivity index (χ2n) is 4.97. The number of anilines is 2. The SMILES string of the molecule is CC.CC.CC.c1ccc(Nc2nccc(-n3ccc4ccccc43)n2)cc1.